The molecule has 2 aromatic carbocycles. The number of benzene rings is 2. The maximum absolute atomic E-state index is 5.89. The van der Waals surface area contributed by atoms with Gasteiger partial charge in [-0.2, -0.15) is 0 Å². The maximum Gasteiger partial charge on any atom is 0.169 e. The van der Waals surface area contributed by atoms with Crippen LogP contribution in [0.25, 0.3) is 0 Å². The zero-order valence-electron chi connectivity index (χ0n) is 10.2. The van der Waals surface area contributed by atoms with Crippen LogP contribution in [0, 0.1) is 0 Å². The Bertz CT molecular complexity index is 543. The molecule has 0 aromatic heterocycles. The van der Waals surface area contributed by atoms with E-state index in [2.05, 4.69) is 21.2 Å². The molecule has 0 amide bonds. The highest BCUT2D eigenvalue weighted by Gasteiger charge is 2.09. The van der Waals surface area contributed by atoms with Gasteiger partial charge >= 0.3 is 0 Å². The van der Waals surface area contributed by atoms with E-state index in [-0.39, 0.29) is 0 Å². The fraction of sp³-hybridized carbons (Fsp3) is 0.143. The smallest absolute Gasteiger partial charge is 0.169 e. The van der Waals surface area contributed by atoms with Crippen LogP contribution in [0.1, 0.15) is 0 Å². The lowest BCUT2D eigenvalue weighted by Crippen LogP contribution is -1.95. The van der Waals surface area contributed by atoms with Crippen LogP contribution in [0.15, 0.2) is 46.9 Å². The van der Waals surface area contributed by atoms with Gasteiger partial charge in [0.15, 0.2) is 17.2 Å². The van der Waals surface area contributed by atoms with Crippen LogP contribution in [0.5, 0.6) is 17.2 Å². The highest BCUT2D eigenvalue weighted by Crippen LogP contribution is 2.38. The molecule has 3 nitrogen and oxygen atoms in total. The minimum atomic E-state index is 0.689. The van der Waals surface area contributed by atoms with E-state index < -0.39 is 0 Å². The molecule has 0 atom stereocenters. The van der Waals surface area contributed by atoms with E-state index in [1.54, 1.807) is 7.11 Å². The summed E-state index contributed by atoms with van der Waals surface area (Å²) in [7, 11) is 3.48. The first kappa shape index (κ1) is 12.8. The molecular formula is C14H14BrNO2. The molecule has 1 N–H and O–H groups in total. The van der Waals surface area contributed by atoms with E-state index in [4.69, 9.17) is 9.47 Å². The number of methoxy groups -OCH3 is 1. The third-order valence-corrected chi connectivity index (χ3v) is 3.18. The minimum Gasteiger partial charge on any atom is -0.493 e. The van der Waals surface area contributed by atoms with E-state index in [0.717, 1.165) is 15.9 Å². The Hall–Kier alpha value is -1.68. The number of ether oxygens (including phenoxy) is 2. The van der Waals surface area contributed by atoms with Gasteiger partial charge in [0.25, 0.3) is 0 Å². The summed E-state index contributed by atoms with van der Waals surface area (Å²) >= 11 is 3.48. The van der Waals surface area contributed by atoms with Gasteiger partial charge in [0.05, 0.1) is 12.8 Å². The van der Waals surface area contributed by atoms with Gasteiger partial charge in [-0.05, 0) is 40.2 Å². The first-order valence-electron chi connectivity index (χ1n) is 5.53. The van der Waals surface area contributed by atoms with Crippen LogP contribution < -0.4 is 14.8 Å². The van der Waals surface area contributed by atoms with Crippen molar-refractivity contribution >= 4 is 21.6 Å². The normalized spacial score (nSPS) is 9.94. The number of hydrogen-bond acceptors (Lipinski definition) is 3. The lowest BCUT2D eigenvalue weighted by atomic mass is 10.3. The second kappa shape index (κ2) is 5.78. The number of halogens is 1. The second-order valence-electron chi connectivity index (χ2n) is 3.62. The summed E-state index contributed by atoms with van der Waals surface area (Å²) in [6.45, 7) is 0. The lowest BCUT2D eigenvalue weighted by Gasteiger charge is -2.14. The zero-order valence-corrected chi connectivity index (χ0v) is 11.8. The van der Waals surface area contributed by atoms with Crippen LogP contribution in [0.4, 0.5) is 5.69 Å². The minimum absolute atomic E-state index is 0.689. The Balaban J connectivity index is 2.37. The molecule has 2 aromatic rings. The molecule has 0 heterocycles. The number of rotatable bonds is 4. The Morgan fingerprint density at radius 1 is 0.944 bits per heavy atom. The molecule has 0 saturated carbocycles. The lowest BCUT2D eigenvalue weighted by molar-refractivity contribution is 0.379. The van der Waals surface area contributed by atoms with E-state index in [1.165, 1.54) is 0 Å². The monoisotopic (exact) mass is 307 g/mol. The van der Waals surface area contributed by atoms with E-state index >= 15 is 0 Å². The Morgan fingerprint density at radius 3 is 2.28 bits per heavy atom. The highest BCUT2D eigenvalue weighted by atomic mass is 79.9. The van der Waals surface area contributed by atoms with Gasteiger partial charge < -0.3 is 14.8 Å². The summed E-state index contributed by atoms with van der Waals surface area (Å²) in [6, 6.07) is 13.4. The molecule has 0 spiro atoms. The van der Waals surface area contributed by atoms with Crippen LogP contribution in [-0.2, 0) is 0 Å². The van der Waals surface area contributed by atoms with Crippen molar-refractivity contribution in [3.05, 3.63) is 46.9 Å². The predicted octanol–water partition coefficient (Wildman–Crippen LogP) is 4.29. The molecule has 0 aliphatic carbocycles. The molecule has 2 rings (SSSR count). The topological polar surface area (TPSA) is 30.5 Å². The molecular weight excluding hydrogens is 294 g/mol. The van der Waals surface area contributed by atoms with Crippen LogP contribution in [-0.4, -0.2) is 14.2 Å². The van der Waals surface area contributed by atoms with Gasteiger partial charge in [-0.15, -0.1) is 0 Å². The van der Waals surface area contributed by atoms with Gasteiger partial charge in [-0.1, -0.05) is 18.2 Å². The van der Waals surface area contributed by atoms with Gasteiger partial charge in [0, 0.05) is 11.5 Å². The van der Waals surface area contributed by atoms with Crippen molar-refractivity contribution in [1.29, 1.82) is 0 Å². The van der Waals surface area contributed by atoms with E-state index in [9.17, 15) is 0 Å². The highest BCUT2D eigenvalue weighted by molar-refractivity contribution is 9.10. The largest absolute Gasteiger partial charge is 0.493 e. The van der Waals surface area contributed by atoms with Gasteiger partial charge in [-0.25, -0.2) is 0 Å². The number of hydrogen-bond donors (Lipinski definition) is 1. The standard InChI is InChI=1S/C14H14BrNO2/c1-16-14-10(15)6-5-9-13(14)18-12-8-4-3-7-11(12)17-2/h3-9,16H,1-2H3. The average molecular weight is 308 g/mol. The Labute approximate surface area is 115 Å². The van der Waals surface area contributed by atoms with Crippen LogP contribution in [0.3, 0.4) is 0 Å². The summed E-state index contributed by atoms with van der Waals surface area (Å²) in [5, 5.41) is 3.11. The van der Waals surface area contributed by atoms with Gasteiger partial charge in [-0.3, -0.25) is 0 Å². The number of para-hydroxylation sites is 3. The van der Waals surface area contributed by atoms with Crippen molar-refractivity contribution in [3.8, 4) is 17.2 Å². The average Bonchev–Trinajstić information content (AvgIpc) is 2.40. The molecule has 18 heavy (non-hydrogen) atoms. The second-order valence-corrected chi connectivity index (χ2v) is 4.47. The summed E-state index contributed by atoms with van der Waals surface area (Å²) in [5.74, 6) is 2.14. The summed E-state index contributed by atoms with van der Waals surface area (Å²) < 4.78 is 12.1. The number of anilines is 1. The summed E-state index contributed by atoms with van der Waals surface area (Å²) in [5.41, 5.74) is 0.906. The maximum atomic E-state index is 5.89. The predicted molar refractivity (Wildman–Crippen MR) is 76.8 cm³/mol. The fourth-order valence-corrected chi connectivity index (χ4v) is 2.20. The van der Waals surface area contributed by atoms with Crippen LogP contribution >= 0.6 is 15.9 Å². The third-order valence-electron chi connectivity index (χ3n) is 2.51. The first-order chi connectivity index (χ1) is 8.76. The van der Waals surface area contributed by atoms with Crippen molar-refractivity contribution in [2.45, 2.75) is 0 Å². The van der Waals surface area contributed by atoms with Crippen molar-refractivity contribution in [1.82, 2.24) is 0 Å². The zero-order chi connectivity index (χ0) is 13.0. The van der Waals surface area contributed by atoms with Crippen molar-refractivity contribution < 1.29 is 9.47 Å². The molecule has 0 aliphatic heterocycles. The molecule has 0 unspecified atom stereocenters. The van der Waals surface area contributed by atoms with Crippen molar-refractivity contribution in [2.75, 3.05) is 19.5 Å². The SMILES string of the molecule is CNc1c(Br)cccc1Oc1ccccc1OC. The quantitative estimate of drug-likeness (QED) is 0.914. The van der Waals surface area contributed by atoms with Gasteiger partial charge in [0.2, 0.25) is 0 Å². The Morgan fingerprint density at radius 2 is 1.61 bits per heavy atom. The fourth-order valence-electron chi connectivity index (χ4n) is 1.65. The molecule has 0 saturated heterocycles. The third kappa shape index (κ3) is 2.59. The molecule has 4 heteroatoms. The first-order valence-corrected chi connectivity index (χ1v) is 6.32. The molecule has 0 aliphatic rings. The van der Waals surface area contributed by atoms with Crippen LogP contribution in [0.2, 0.25) is 0 Å². The van der Waals surface area contributed by atoms with Crippen molar-refractivity contribution in [2.24, 2.45) is 0 Å². The molecule has 0 bridgehead atoms. The molecule has 0 fully saturated rings. The number of nitrogens with one attached hydrogen (secondary N) is 1. The molecule has 0 radical (unpaired) electrons. The summed E-state index contributed by atoms with van der Waals surface area (Å²) in [6.07, 6.45) is 0. The van der Waals surface area contributed by atoms with E-state index in [0.29, 0.717) is 11.5 Å². The molecule has 94 valence electrons. The Kier molecular flexibility index (Phi) is 4.10. The van der Waals surface area contributed by atoms with E-state index in [1.807, 2.05) is 49.5 Å². The van der Waals surface area contributed by atoms with Gasteiger partial charge in [0.1, 0.15) is 0 Å². The van der Waals surface area contributed by atoms with Crippen molar-refractivity contribution in [3.63, 3.8) is 0 Å². The summed E-state index contributed by atoms with van der Waals surface area (Å²) in [4.78, 5) is 0.